The average Bonchev–Trinajstić information content (AvgIpc) is 2.20. The summed E-state index contributed by atoms with van der Waals surface area (Å²) >= 11 is 0. The monoisotopic (exact) mass is 203 g/mol. The molecule has 0 aliphatic carbocycles. The smallest absolute Gasteiger partial charge is 0.307 e. The molecule has 0 saturated heterocycles. The molecule has 0 saturated carbocycles. The Morgan fingerprint density at radius 2 is 2.20 bits per heavy atom. The number of carboxylic acid groups (broad SMARTS) is 1. The van der Waals surface area contributed by atoms with Crippen molar-refractivity contribution in [1.82, 2.24) is 0 Å². The van der Waals surface area contributed by atoms with Gasteiger partial charge in [-0.3, -0.25) is 4.79 Å². The topological polar surface area (TPSA) is 61.1 Å². The maximum absolute atomic E-state index is 10.6. The van der Waals surface area contributed by atoms with Gasteiger partial charge in [0.2, 0.25) is 0 Å². The number of aliphatic carboxylic acids is 1. The molecule has 3 nitrogen and oxygen atoms in total. The molecule has 0 radical (unpaired) electrons. The number of nitrogens with zero attached hydrogens (tertiary/aromatic N) is 1. The van der Waals surface area contributed by atoms with Crippen molar-refractivity contribution < 1.29 is 9.90 Å². The van der Waals surface area contributed by atoms with Crippen LogP contribution in [0, 0.1) is 18.3 Å². The molecule has 1 aromatic rings. The van der Waals surface area contributed by atoms with Crippen LogP contribution in [-0.4, -0.2) is 11.1 Å². The molecular weight excluding hydrogens is 190 g/mol. The van der Waals surface area contributed by atoms with Gasteiger partial charge in [-0.1, -0.05) is 13.0 Å². The van der Waals surface area contributed by atoms with E-state index in [9.17, 15) is 4.79 Å². The Balaban J connectivity index is 3.26. The van der Waals surface area contributed by atoms with Gasteiger partial charge in [-0.2, -0.15) is 5.26 Å². The predicted octanol–water partition coefficient (Wildman–Crippen LogP) is 2.06. The van der Waals surface area contributed by atoms with E-state index in [0.717, 1.165) is 17.5 Å². The van der Waals surface area contributed by atoms with Crippen LogP contribution in [-0.2, 0) is 17.6 Å². The number of carbonyl (C=O) groups is 1. The fraction of sp³-hybridized carbons (Fsp3) is 0.333. The zero-order chi connectivity index (χ0) is 11.4. The largest absolute Gasteiger partial charge is 0.481 e. The maximum atomic E-state index is 10.6. The number of benzene rings is 1. The molecule has 1 aromatic carbocycles. The number of hydrogen-bond acceptors (Lipinski definition) is 2. The van der Waals surface area contributed by atoms with Crippen LogP contribution < -0.4 is 0 Å². The van der Waals surface area contributed by atoms with Gasteiger partial charge in [0.05, 0.1) is 18.1 Å². The minimum absolute atomic E-state index is 0.0846. The Bertz CT molecular complexity index is 430. The summed E-state index contributed by atoms with van der Waals surface area (Å²) in [6, 6.07) is 5.77. The summed E-state index contributed by atoms with van der Waals surface area (Å²) in [5.41, 5.74) is 3.06. The number of hydrogen-bond donors (Lipinski definition) is 1. The highest BCUT2D eigenvalue weighted by atomic mass is 16.4. The lowest BCUT2D eigenvalue weighted by atomic mass is 9.96. The van der Waals surface area contributed by atoms with Gasteiger partial charge in [0.15, 0.2) is 0 Å². The van der Waals surface area contributed by atoms with E-state index in [4.69, 9.17) is 10.4 Å². The van der Waals surface area contributed by atoms with E-state index in [1.165, 1.54) is 0 Å². The number of aryl methyl sites for hydroxylation is 2. The molecule has 78 valence electrons. The van der Waals surface area contributed by atoms with E-state index < -0.39 is 5.97 Å². The first-order valence-corrected chi connectivity index (χ1v) is 4.82. The van der Waals surface area contributed by atoms with Crippen LogP contribution in [0.1, 0.15) is 29.2 Å². The summed E-state index contributed by atoms with van der Waals surface area (Å²) in [7, 11) is 0. The lowest BCUT2D eigenvalue weighted by Crippen LogP contribution is -2.05. The first-order valence-electron chi connectivity index (χ1n) is 4.82. The van der Waals surface area contributed by atoms with Crippen LogP contribution >= 0.6 is 0 Å². The molecule has 0 unspecified atom stereocenters. The Hall–Kier alpha value is -1.82. The third-order valence-electron chi connectivity index (χ3n) is 2.39. The van der Waals surface area contributed by atoms with Crippen LogP contribution in [0.2, 0.25) is 0 Å². The highest BCUT2D eigenvalue weighted by molar-refractivity contribution is 5.72. The zero-order valence-corrected chi connectivity index (χ0v) is 8.87. The first kappa shape index (κ1) is 11.3. The molecule has 0 fully saturated rings. The number of rotatable bonds is 3. The standard InChI is InChI=1S/C12H13NO2/c1-3-9-4-8(2)11(6-12(14)15)10(5-9)7-13/h4-5H,3,6H2,1-2H3,(H,14,15). The molecule has 0 bridgehead atoms. The second-order valence-electron chi connectivity index (χ2n) is 3.47. The van der Waals surface area contributed by atoms with Gasteiger partial charge in [0.1, 0.15) is 0 Å². The van der Waals surface area contributed by atoms with Gasteiger partial charge in [-0.25, -0.2) is 0 Å². The second kappa shape index (κ2) is 4.61. The number of carboxylic acids is 1. The van der Waals surface area contributed by atoms with Crippen molar-refractivity contribution >= 4 is 5.97 Å². The zero-order valence-electron chi connectivity index (χ0n) is 8.87. The van der Waals surface area contributed by atoms with Crippen molar-refractivity contribution in [3.8, 4) is 6.07 Å². The van der Waals surface area contributed by atoms with Crippen LogP contribution in [0.5, 0.6) is 0 Å². The molecule has 0 spiro atoms. The molecule has 0 atom stereocenters. The molecule has 0 heterocycles. The minimum atomic E-state index is -0.904. The molecule has 0 amide bonds. The summed E-state index contributed by atoms with van der Waals surface area (Å²) in [4.78, 5) is 10.6. The first-order chi connectivity index (χ1) is 7.08. The molecule has 0 aliphatic heterocycles. The minimum Gasteiger partial charge on any atom is -0.481 e. The molecular formula is C12H13NO2. The average molecular weight is 203 g/mol. The van der Waals surface area contributed by atoms with Crippen molar-refractivity contribution in [2.75, 3.05) is 0 Å². The summed E-state index contributed by atoms with van der Waals surface area (Å²) < 4.78 is 0. The summed E-state index contributed by atoms with van der Waals surface area (Å²) in [5.74, 6) is -0.904. The fourth-order valence-corrected chi connectivity index (χ4v) is 1.58. The van der Waals surface area contributed by atoms with Gasteiger partial charge >= 0.3 is 5.97 Å². The van der Waals surface area contributed by atoms with E-state index in [0.29, 0.717) is 11.1 Å². The Morgan fingerprint density at radius 3 is 2.67 bits per heavy atom. The molecule has 3 heteroatoms. The lowest BCUT2D eigenvalue weighted by molar-refractivity contribution is -0.136. The normalized spacial score (nSPS) is 9.67. The maximum Gasteiger partial charge on any atom is 0.307 e. The van der Waals surface area contributed by atoms with Crippen LogP contribution in [0.3, 0.4) is 0 Å². The quantitative estimate of drug-likeness (QED) is 0.817. The molecule has 0 aromatic heterocycles. The van der Waals surface area contributed by atoms with Gasteiger partial charge in [0, 0.05) is 0 Å². The van der Waals surface area contributed by atoms with Crippen molar-refractivity contribution in [3.63, 3.8) is 0 Å². The number of nitriles is 1. The van der Waals surface area contributed by atoms with Gasteiger partial charge in [0.25, 0.3) is 0 Å². The second-order valence-corrected chi connectivity index (χ2v) is 3.47. The van der Waals surface area contributed by atoms with E-state index in [-0.39, 0.29) is 6.42 Å². The lowest BCUT2D eigenvalue weighted by Gasteiger charge is -2.08. The van der Waals surface area contributed by atoms with Crippen LogP contribution in [0.4, 0.5) is 0 Å². The predicted molar refractivity (Wildman–Crippen MR) is 56.6 cm³/mol. The van der Waals surface area contributed by atoms with Crippen LogP contribution in [0.15, 0.2) is 12.1 Å². The Kier molecular flexibility index (Phi) is 3.46. The van der Waals surface area contributed by atoms with Crippen molar-refractivity contribution in [2.45, 2.75) is 26.7 Å². The summed E-state index contributed by atoms with van der Waals surface area (Å²) in [5, 5.41) is 17.7. The summed E-state index contributed by atoms with van der Waals surface area (Å²) in [6.07, 6.45) is 0.765. The highest BCUT2D eigenvalue weighted by Gasteiger charge is 2.10. The van der Waals surface area contributed by atoms with Crippen LogP contribution in [0.25, 0.3) is 0 Å². The Morgan fingerprint density at radius 1 is 1.53 bits per heavy atom. The van der Waals surface area contributed by atoms with Gasteiger partial charge < -0.3 is 5.11 Å². The third kappa shape index (κ3) is 2.57. The molecule has 1 N–H and O–H groups in total. The van der Waals surface area contributed by atoms with E-state index in [1.807, 2.05) is 19.9 Å². The molecule has 15 heavy (non-hydrogen) atoms. The van der Waals surface area contributed by atoms with E-state index in [2.05, 4.69) is 6.07 Å². The Labute approximate surface area is 89.0 Å². The molecule has 0 aliphatic rings. The SMILES string of the molecule is CCc1cc(C)c(CC(=O)O)c(C#N)c1. The fourth-order valence-electron chi connectivity index (χ4n) is 1.58. The van der Waals surface area contributed by atoms with Crippen molar-refractivity contribution in [2.24, 2.45) is 0 Å². The van der Waals surface area contributed by atoms with Crippen molar-refractivity contribution in [3.05, 3.63) is 34.4 Å². The van der Waals surface area contributed by atoms with Gasteiger partial charge in [-0.15, -0.1) is 0 Å². The third-order valence-corrected chi connectivity index (χ3v) is 2.39. The summed E-state index contributed by atoms with van der Waals surface area (Å²) in [6.45, 7) is 3.85. The highest BCUT2D eigenvalue weighted by Crippen LogP contribution is 2.18. The van der Waals surface area contributed by atoms with Gasteiger partial charge in [-0.05, 0) is 36.1 Å². The van der Waals surface area contributed by atoms with E-state index in [1.54, 1.807) is 6.07 Å². The molecule has 1 rings (SSSR count). The van der Waals surface area contributed by atoms with E-state index >= 15 is 0 Å². The van der Waals surface area contributed by atoms with Crippen molar-refractivity contribution in [1.29, 1.82) is 5.26 Å².